The van der Waals surface area contributed by atoms with Crippen molar-refractivity contribution in [3.63, 3.8) is 0 Å². The van der Waals surface area contributed by atoms with Gasteiger partial charge in [-0.1, -0.05) is 19.9 Å². The van der Waals surface area contributed by atoms with Crippen LogP contribution in [0.25, 0.3) is 0 Å². The first kappa shape index (κ1) is 14.6. The molecule has 0 fully saturated rings. The van der Waals surface area contributed by atoms with E-state index in [1.807, 2.05) is 32.0 Å². The monoisotopic (exact) mass is 249 g/mol. The largest absolute Gasteiger partial charge is 0.354 e. The number of nitrogens with zero attached hydrogens (tertiary/aromatic N) is 1. The summed E-state index contributed by atoms with van der Waals surface area (Å²) in [4.78, 5) is 15.9. The number of rotatable bonds is 7. The van der Waals surface area contributed by atoms with Crippen molar-refractivity contribution in [2.45, 2.75) is 45.1 Å². The Bertz CT molecular complexity index is 361. The summed E-state index contributed by atoms with van der Waals surface area (Å²) >= 11 is 0. The fourth-order valence-electron chi connectivity index (χ4n) is 1.65. The number of amides is 1. The fourth-order valence-corrected chi connectivity index (χ4v) is 1.65. The topological polar surface area (TPSA) is 68.0 Å². The van der Waals surface area contributed by atoms with Crippen LogP contribution in [0.4, 0.5) is 0 Å². The van der Waals surface area contributed by atoms with E-state index in [1.54, 1.807) is 6.20 Å². The zero-order valence-corrected chi connectivity index (χ0v) is 11.3. The van der Waals surface area contributed by atoms with Crippen molar-refractivity contribution < 1.29 is 4.79 Å². The molecule has 18 heavy (non-hydrogen) atoms. The summed E-state index contributed by atoms with van der Waals surface area (Å²) in [6, 6.07) is 5.73. The Morgan fingerprint density at radius 3 is 2.67 bits per heavy atom. The van der Waals surface area contributed by atoms with Gasteiger partial charge in [0.15, 0.2) is 0 Å². The Morgan fingerprint density at radius 2 is 2.11 bits per heavy atom. The van der Waals surface area contributed by atoms with Crippen LogP contribution in [0, 0.1) is 0 Å². The van der Waals surface area contributed by atoms with Gasteiger partial charge >= 0.3 is 0 Å². The van der Waals surface area contributed by atoms with Crippen molar-refractivity contribution >= 4 is 5.91 Å². The maximum atomic E-state index is 11.7. The Labute approximate surface area is 109 Å². The van der Waals surface area contributed by atoms with E-state index in [0.717, 1.165) is 18.5 Å². The standard InChI is InChI=1S/C14H23N3O/c1-3-14(15,4-2)11-17-13(18)9-8-12-7-5-6-10-16-12/h5-7,10H,3-4,8-9,11,15H2,1-2H3,(H,17,18). The quantitative estimate of drug-likeness (QED) is 0.772. The summed E-state index contributed by atoms with van der Waals surface area (Å²) in [5.41, 5.74) is 6.79. The zero-order chi connectivity index (χ0) is 13.4. The minimum Gasteiger partial charge on any atom is -0.354 e. The Kier molecular flexibility index (Phi) is 5.78. The second kappa shape index (κ2) is 7.11. The minimum atomic E-state index is -0.277. The van der Waals surface area contributed by atoms with Crippen molar-refractivity contribution in [1.29, 1.82) is 0 Å². The first-order chi connectivity index (χ1) is 8.59. The maximum Gasteiger partial charge on any atom is 0.220 e. The first-order valence-corrected chi connectivity index (χ1v) is 6.55. The minimum absolute atomic E-state index is 0.0392. The molecule has 0 aliphatic rings. The van der Waals surface area contributed by atoms with Crippen LogP contribution in [-0.4, -0.2) is 23.0 Å². The summed E-state index contributed by atoms with van der Waals surface area (Å²) in [6.07, 6.45) is 4.60. The predicted octanol–water partition coefficient (Wildman–Crippen LogP) is 1.65. The lowest BCUT2D eigenvalue weighted by Crippen LogP contribution is -2.49. The van der Waals surface area contributed by atoms with Crippen molar-refractivity contribution in [2.24, 2.45) is 5.73 Å². The molecule has 4 nitrogen and oxygen atoms in total. The average molecular weight is 249 g/mol. The van der Waals surface area contributed by atoms with Gasteiger partial charge in [-0.15, -0.1) is 0 Å². The molecule has 0 aliphatic carbocycles. The van der Waals surface area contributed by atoms with Crippen LogP contribution in [0.2, 0.25) is 0 Å². The lowest BCUT2D eigenvalue weighted by molar-refractivity contribution is -0.121. The van der Waals surface area contributed by atoms with Crippen molar-refractivity contribution in [3.8, 4) is 0 Å². The molecule has 0 aromatic carbocycles. The molecule has 0 saturated heterocycles. The summed E-state index contributed by atoms with van der Waals surface area (Å²) in [7, 11) is 0. The number of carbonyl (C=O) groups excluding carboxylic acids is 1. The number of nitrogens with one attached hydrogen (secondary N) is 1. The van der Waals surface area contributed by atoms with Gasteiger partial charge in [-0.25, -0.2) is 0 Å². The lowest BCUT2D eigenvalue weighted by Gasteiger charge is -2.26. The summed E-state index contributed by atoms with van der Waals surface area (Å²) in [5, 5.41) is 2.90. The average Bonchev–Trinajstić information content (AvgIpc) is 2.43. The number of carbonyl (C=O) groups is 1. The Balaban J connectivity index is 2.30. The van der Waals surface area contributed by atoms with Gasteiger partial charge in [-0.2, -0.15) is 0 Å². The third kappa shape index (κ3) is 4.84. The van der Waals surface area contributed by atoms with Gasteiger partial charge in [-0.3, -0.25) is 9.78 Å². The van der Waals surface area contributed by atoms with E-state index < -0.39 is 0 Å². The number of aryl methyl sites for hydroxylation is 1. The highest BCUT2D eigenvalue weighted by atomic mass is 16.1. The summed E-state index contributed by atoms with van der Waals surface area (Å²) < 4.78 is 0. The molecule has 0 atom stereocenters. The molecule has 1 amide bonds. The molecule has 1 heterocycles. The molecule has 0 spiro atoms. The second-order valence-electron chi connectivity index (χ2n) is 4.67. The highest BCUT2D eigenvalue weighted by molar-refractivity contribution is 5.76. The predicted molar refractivity (Wildman–Crippen MR) is 73.1 cm³/mol. The molecule has 0 saturated carbocycles. The van der Waals surface area contributed by atoms with Gasteiger partial charge in [0, 0.05) is 30.4 Å². The van der Waals surface area contributed by atoms with Crippen LogP contribution in [0.15, 0.2) is 24.4 Å². The van der Waals surface area contributed by atoms with Crippen molar-refractivity contribution in [3.05, 3.63) is 30.1 Å². The fraction of sp³-hybridized carbons (Fsp3) is 0.571. The first-order valence-electron chi connectivity index (χ1n) is 6.55. The Hall–Kier alpha value is -1.42. The molecule has 0 bridgehead atoms. The van der Waals surface area contributed by atoms with E-state index in [-0.39, 0.29) is 11.4 Å². The SMILES string of the molecule is CCC(N)(CC)CNC(=O)CCc1ccccn1. The number of hydrogen-bond acceptors (Lipinski definition) is 3. The van der Waals surface area contributed by atoms with Gasteiger partial charge in [0.1, 0.15) is 0 Å². The molecule has 4 heteroatoms. The van der Waals surface area contributed by atoms with Crippen LogP contribution < -0.4 is 11.1 Å². The third-order valence-corrected chi connectivity index (χ3v) is 3.38. The smallest absolute Gasteiger partial charge is 0.220 e. The van der Waals surface area contributed by atoms with E-state index in [9.17, 15) is 4.79 Å². The molecule has 3 N–H and O–H groups in total. The van der Waals surface area contributed by atoms with Crippen LogP contribution in [0.1, 0.15) is 38.8 Å². The van der Waals surface area contributed by atoms with E-state index >= 15 is 0 Å². The van der Waals surface area contributed by atoms with Crippen LogP contribution in [0.5, 0.6) is 0 Å². The van der Waals surface area contributed by atoms with Crippen LogP contribution in [0.3, 0.4) is 0 Å². The molecule has 1 aromatic heterocycles. The van der Waals surface area contributed by atoms with Crippen LogP contribution in [-0.2, 0) is 11.2 Å². The van der Waals surface area contributed by atoms with Gasteiger partial charge < -0.3 is 11.1 Å². The summed E-state index contributed by atoms with van der Waals surface area (Å²) in [5.74, 6) is 0.0392. The lowest BCUT2D eigenvalue weighted by atomic mass is 9.94. The molecule has 0 unspecified atom stereocenters. The van der Waals surface area contributed by atoms with Crippen molar-refractivity contribution in [1.82, 2.24) is 10.3 Å². The molecule has 0 aliphatic heterocycles. The molecular formula is C14H23N3O. The highest BCUT2D eigenvalue weighted by Gasteiger charge is 2.20. The number of aromatic nitrogens is 1. The van der Waals surface area contributed by atoms with Gasteiger partial charge in [0.05, 0.1) is 0 Å². The summed E-state index contributed by atoms with van der Waals surface area (Å²) in [6.45, 7) is 4.63. The van der Waals surface area contributed by atoms with E-state index in [4.69, 9.17) is 5.73 Å². The number of pyridine rings is 1. The van der Waals surface area contributed by atoms with E-state index in [1.165, 1.54) is 0 Å². The Morgan fingerprint density at radius 1 is 1.39 bits per heavy atom. The molecule has 1 aromatic rings. The van der Waals surface area contributed by atoms with Crippen molar-refractivity contribution in [2.75, 3.05) is 6.54 Å². The maximum absolute atomic E-state index is 11.7. The number of nitrogens with two attached hydrogens (primary N) is 1. The van der Waals surface area contributed by atoms with Gasteiger partial charge in [-0.05, 0) is 31.4 Å². The van der Waals surface area contributed by atoms with Crippen LogP contribution >= 0.6 is 0 Å². The second-order valence-corrected chi connectivity index (χ2v) is 4.67. The highest BCUT2D eigenvalue weighted by Crippen LogP contribution is 2.09. The van der Waals surface area contributed by atoms with E-state index in [0.29, 0.717) is 19.4 Å². The van der Waals surface area contributed by atoms with Gasteiger partial charge in [0.25, 0.3) is 0 Å². The molecule has 1 rings (SSSR count). The molecule has 100 valence electrons. The van der Waals surface area contributed by atoms with E-state index in [2.05, 4.69) is 10.3 Å². The third-order valence-electron chi connectivity index (χ3n) is 3.38. The molecule has 0 radical (unpaired) electrons. The molecular weight excluding hydrogens is 226 g/mol. The van der Waals surface area contributed by atoms with Gasteiger partial charge in [0.2, 0.25) is 5.91 Å². The zero-order valence-electron chi connectivity index (χ0n) is 11.3. The number of hydrogen-bond donors (Lipinski definition) is 2. The normalized spacial score (nSPS) is 11.3.